The Balaban J connectivity index is 1.54. The first-order chi connectivity index (χ1) is 17.1. The standard InChI is InChI=1S/C24H27F3N6O2S/c1-2-17-11-20(36(34,35)31-18-5-3-6-19(12-18)33-15-29-30-16-33)14-23(13-17,24(25,26)27)21-7-4-9-32-10-8-28-22(21)32/h4,7-10,13-16,18-19,31H,2-3,5-6,11-12H2,1H3/t18-,19+,23?/m0/s1. The molecule has 0 spiro atoms. The van der Waals surface area contributed by atoms with Crippen LogP contribution in [0.1, 0.15) is 57.1 Å². The molecule has 1 N–H and O–H groups in total. The maximum absolute atomic E-state index is 14.9. The molecule has 1 saturated carbocycles. The average Bonchev–Trinajstić information content (AvgIpc) is 3.55. The molecule has 0 bridgehead atoms. The van der Waals surface area contributed by atoms with Gasteiger partial charge in [0.05, 0.1) is 4.91 Å². The van der Waals surface area contributed by atoms with E-state index in [1.807, 2.05) is 4.57 Å². The summed E-state index contributed by atoms with van der Waals surface area (Å²) in [6.07, 6.45) is 8.03. The Morgan fingerprint density at radius 3 is 2.67 bits per heavy atom. The molecule has 2 aliphatic carbocycles. The monoisotopic (exact) mass is 520 g/mol. The van der Waals surface area contributed by atoms with E-state index in [1.165, 1.54) is 28.8 Å². The van der Waals surface area contributed by atoms with Gasteiger partial charge in [-0.25, -0.2) is 18.1 Å². The highest BCUT2D eigenvalue weighted by atomic mass is 32.2. The number of aromatic nitrogens is 5. The molecule has 0 aromatic carbocycles. The molecule has 3 atom stereocenters. The fraction of sp³-hybridized carbons (Fsp3) is 0.458. The number of hydrogen-bond acceptors (Lipinski definition) is 5. The number of imidazole rings is 1. The minimum absolute atomic E-state index is 0.0280. The molecule has 0 aliphatic heterocycles. The van der Waals surface area contributed by atoms with Crippen LogP contribution < -0.4 is 4.72 Å². The first-order valence-corrected chi connectivity index (χ1v) is 13.4. The van der Waals surface area contributed by atoms with Crippen molar-refractivity contribution in [1.29, 1.82) is 0 Å². The van der Waals surface area contributed by atoms with Crippen LogP contribution in [0.3, 0.4) is 0 Å². The topological polar surface area (TPSA) is 94.2 Å². The van der Waals surface area contributed by atoms with Crippen molar-refractivity contribution in [2.45, 2.75) is 69.1 Å². The number of nitrogens with one attached hydrogen (secondary N) is 1. The first kappa shape index (κ1) is 24.7. The van der Waals surface area contributed by atoms with E-state index in [-0.39, 0.29) is 28.6 Å². The molecule has 3 aromatic heterocycles. The lowest BCUT2D eigenvalue weighted by molar-refractivity contribution is -0.162. The van der Waals surface area contributed by atoms with Gasteiger partial charge in [0, 0.05) is 42.7 Å². The summed E-state index contributed by atoms with van der Waals surface area (Å²) in [7, 11) is -4.19. The molecule has 1 unspecified atom stereocenters. The van der Waals surface area contributed by atoms with Gasteiger partial charge >= 0.3 is 6.18 Å². The minimum atomic E-state index is -4.78. The first-order valence-electron chi connectivity index (χ1n) is 11.9. The molecule has 2 aliphatic rings. The Morgan fingerprint density at radius 1 is 1.17 bits per heavy atom. The predicted octanol–water partition coefficient (Wildman–Crippen LogP) is 4.45. The summed E-state index contributed by atoms with van der Waals surface area (Å²) in [5.74, 6) is 0. The van der Waals surface area contributed by atoms with Crippen molar-refractivity contribution in [1.82, 2.24) is 28.9 Å². The fourth-order valence-corrected chi connectivity index (χ4v) is 6.84. The molecule has 1 fully saturated rings. The lowest BCUT2D eigenvalue weighted by atomic mass is 9.74. The van der Waals surface area contributed by atoms with E-state index in [1.54, 1.807) is 32.0 Å². The summed E-state index contributed by atoms with van der Waals surface area (Å²) in [4.78, 5) is 3.88. The number of hydrogen-bond donors (Lipinski definition) is 1. The van der Waals surface area contributed by atoms with Crippen molar-refractivity contribution < 1.29 is 21.6 Å². The second kappa shape index (κ2) is 9.15. The molecule has 0 amide bonds. The SMILES string of the molecule is CCC1=CC(c2cccn3ccnc23)(C(F)(F)F)C=C(S(=O)(=O)N[C@H]2CCC[C@@H](n3cnnc3)C2)C1. The van der Waals surface area contributed by atoms with Crippen LogP contribution in [-0.2, 0) is 15.4 Å². The van der Waals surface area contributed by atoms with E-state index >= 15 is 0 Å². The third-order valence-electron chi connectivity index (χ3n) is 7.18. The zero-order valence-electron chi connectivity index (χ0n) is 19.7. The molecule has 0 saturated heterocycles. The van der Waals surface area contributed by atoms with Gasteiger partial charge in [-0.05, 0) is 44.2 Å². The third-order valence-corrected chi connectivity index (χ3v) is 8.78. The summed E-state index contributed by atoms with van der Waals surface area (Å²) in [6.45, 7) is 1.73. The van der Waals surface area contributed by atoms with Crippen LogP contribution in [0.4, 0.5) is 13.2 Å². The number of alkyl halides is 3. The molecule has 3 aromatic rings. The molecule has 3 heterocycles. The Labute approximate surface area is 207 Å². The van der Waals surface area contributed by atoms with Crippen molar-refractivity contribution in [3.05, 3.63) is 71.6 Å². The van der Waals surface area contributed by atoms with E-state index < -0.39 is 27.7 Å². The zero-order valence-corrected chi connectivity index (χ0v) is 20.5. The molecule has 0 radical (unpaired) electrons. The van der Waals surface area contributed by atoms with Gasteiger partial charge in [-0.3, -0.25) is 0 Å². The number of sulfonamides is 1. The maximum Gasteiger partial charge on any atom is 0.405 e. The fourth-order valence-electron chi connectivity index (χ4n) is 5.32. The Hall–Kier alpha value is -2.99. The summed E-state index contributed by atoms with van der Waals surface area (Å²) in [5, 5.41) is 7.64. The lowest BCUT2D eigenvalue weighted by Gasteiger charge is -2.36. The van der Waals surface area contributed by atoms with Crippen molar-refractivity contribution >= 4 is 15.7 Å². The second-order valence-electron chi connectivity index (χ2n) is 9.44. The zero-order chi connectivity index (χ0) is 25.6. The molecule has 8 nitrogen and oxygen atoms in total. The van der Waals surface area contributed by atoms with Crippen LogP contribution in [0.15, 0.2) is 66.0 Å². The highest BCUT2D eigenvalue weighted by Gasteiger charge is 2.56. The Bertz CT molecular complexity index is 1410. The number of rotatable bonds is 6. The molecule has 192 valence electrons. The van der Waals surface area contributed by atoms with Crippen LogP contribution in [0, 0.1) is 0 Å². The number of allylic oxidation sites excluding steroid dienone is 4. The summed E-state index contributed by atoms with van der Waals surface area (Å²) < 4.78 is 77.8. The molecule has 36 heavy (non-hydrogen) atoms. The third kappa shape index (κ3) is 4.36. The largest absolute Gasteiger partial charge is 0.405 e. The minimum Gasteiger partial charge on any atom is -0.317 e. The van der Waals surface area contributed by atoms with Crippen molar-refractivity contribution in [3.8, 4) is 0 Å². The van der Waals surface area contributed by atoms with E-state index in [4.69, 9.17) is 0 Å². The second-order valence-corrected chi connectivity index (χ2v) is 11.2. The number of halogens is 3. The summed E-state index contributed by atoms with van der Waals surface area (Å²) in [5.41, 5.74) is -2.18. The van der Waals surface area contributed by atoms with E-state index in [9.17, 15) is 21.6 Å². The van der Waals surface area contributed by atoms with Gasteiger partial charge in [0.25, 0.3) is 0 Å². The van der Waals surface area contributed by atoms with Crippen LogP contribution >= 0.6 is 0 Å². The summed E-state index contributed by atoms with van der Waals surface area (Å²) in [6, 6.07) is 2.51. The molecular formula is C24H27F3N6O2S. The van der Waals surface area contributed by atoms with Gasteiger partial charge in [0.2, 0.25) is 10.0 Å². The van der Waals surface area contributed by atoms with Crippen LogP contribution in [0.5, 0.6) is 0 Å². The lowest BCUT2D eigenvalue weighted by Crippen LogP contribution is -2.44. The van der Waals surface area contributed by atoms with Gasteiger partial charge in [0.1, 0.15) is 23.7 Å². The highest BCUT2D eigenvalue weighted by Crippen LogP contribution is 2.49. The van der Waals surface area contributed by atoms with E-state index in [0.29, 0.717) is 24.8 Å². The van der Waals surface area contributed by atoms with Crippen molar-refractivity contribution in [2.24, 2.45) is 0 Å². The van der Waals surface area contributed by atoms with Crippen molar-refractivity contribution in [2.75, 3.05) is 0 Å². The molecular weight excluding hydrogens is 493 g/mol. The van der Waals surface area contributed by atoms with Crippen LogP contribution in [0.2, 0.25) is 0 Å². The van der Waals surface area contributed by atoms with Crippen molar-refractivity contribution in [3.63, 3.8) is 0 Å². The van der Waals surface area contributed by atoms with Crippen LogP contribution in [0.25, 0.3) is 5.65 Å². The van der Waals surface area contributed by atoms with E-state index in [2.05, 4.69) is 19.9 Å². The van der Waals surface area contributed by atoms with Gasteiger partial charge in [-0.2, -0.15) is 13.2 Å². The van der Waals surface area contributed by atoms with Gasteiger partial charge < -0.3 is 8.97 Å². The average molecular weight is 521 g/mol. The maximum atomic E-state index is 14.9. The van der Waals surface area contributed by atoms with Gasteiger partial charge in [-0.15, -0.1) is 10.2 Å². The molecule has 5 rings (SSSR count). The summed E-state index contributed by atoms with van der Waals surface area (Å²) >= 11 is 0. The van der Waals surface area contributed by atoms with Crippen LogP contribution in [-0.4, -0.2) is 44.8 Å². The van der Waals surface area contributed by atoms with E-state index in [0.717, 1.165) is 18.9 Å². The Morgan fingerprint density at radius 2 is 1.94 bits per heavy atom. The van der Waals surface area contributed by atoms with Gasteiger partial charge in [-0.1, -0.05) is 24.6 Å². The van der Waals surface area contributed by atoms with Gasteiger partial charge in [0.15, 0.2) is 0 Å². The smallest absolute Gasteiger partial charge is 0.317 e. The number of pyridine rings is 1. The molecule has 12 heteroatoms. The number of nitrogens with zero attached hydrogens (tertiary/aromatic N) is 5. The number of fused-ring (bicyclic) bond motifs is 1. The predicted molar refractivity (Wildman–Crippen MR) is 127 cm³/mol. The quantitative estimate of drug-likeness (QED) is 0.485. The highest BCUT2D eigenvalue weighted by molar-refractivity contribution is 7.93. The Kier molecular flexibility index (Phi) is 6.27. The normalized spacial score (nSPS) is 25.6.